The monoisotopic (exact) mass is 316 g/mol. The summed E-state index contributed by atoms with van der Waals surface area (Å²) in [5.74, 6) is 0.731. The van der Waals surface area contributed by atoms with Gasteiger partial charge in [-0.3, -0.25) is 4.79 Å². The quantitative estimate of drug-likeness (QED) is 0.912. The third-order valence-electron chi connectivity index (χ3n) is 4.05. The van der Waals surface area contributed by atoms with Crippen LogP contribution < -0.4 is 4.90 Å². The van der Waals surface area contributed by atoms with Crippen LogP contribution in [0.5, 0.6) is 0 Å². The molecule has 2 aromatic heterocycles. The lowest BCUT2D eigenvalue weighted by Gasteiger charge is -2.41. The van der Waals surface area contributed by atoms with E-state index in [1.54, 1.807) is 13.2 Å². The number of β-amino-alcohol motifs (C(OH)–C–C–N with tert-alkyl or cyclic N) is 1. The van der Waals surface area contributed by atoms with Crippen molar-refractivity contribution in [2.75, 3.05) is 31.6 Å². The molecule has 0 bridgehead atoms. The van der Waals surface area contributed by atoms with Crippen LogP contribution in [0.15, 0.2) is 41.4 Å². The van der Waals surface area contributed by atoms with Gasteiger partial charge in [-0.25, -0.2) is 9.97 Å². The summed E-state index contributed by atoms with van der Waals surface area (Å²) < 4.78 is 5.02. The Hall–Kier alpha value is -2.41. The van der Waals surface area contributed by atoms with Crippen LogP contribution in [0.4, 0.5) is 5.82 Å². The van der Waals surface area contributed by atoms with E-state index in [2.05, 4.69) is 14.9 Å². The smallest absolute Gasteiger partial charge is 0.291 e. The Morgan fingerprint density at radius 1 is 1.52 bits per heavy atom. The van der Waals surface area contributed by atoms with Crippen molar-refractivity contribution in [1.82, 2.24) is 14.9 Å². The molecule has 122 valence electrons. The Morgan fingerprint density at radius 3 is 3.09 bits per heavy atom. The van der Waals surface area contributed by atoms with Crippen LogP contribution in [-0.2, 0) is 0 Å². The average Bonchev–Trinajstić information content (AvgIpc) is 3.09. The summed E-state index contributed by atoms with van der Waals surface area (Å²) >= 11 is 0. The van der Waals surface area contributed by atoms with Gasteiger partial charge in [0.15, 0.2) is 6.39 Å². The number of amides is 1. The molecule has 0 unspecified atom stereocenters. The average molecular weight is 316 g/mol. The molecule has 1 N–H and O–H groups in total. The van der Waals surface area contributed by atoms with Crippen LogP contribution in [0, 0.1) is 0 Å². The molecule has 1 fully saturated rings. The van der Waals surface area contributed by atoms with E-state index in [0.717, 1.165) is 18.8 Å². The lowest BCUT2D eigenvalue weighted by molar-refractivity contribution is -0.000865. The molecule has 7 heteroatoms. The third kappa shape index (κ3) is 3.50. The van der Waals surface area contributed by atoms with Gasteiger partial charge in [0.1, 0.15) is 5.82 Å². The number of nitrogens with zero attached hydrogens (tertiary/aromatic N) is 4. The minimum atomic E-state index is -0.972. The van der Waals surface area contributed by atoms with Gasteiger partial charge in [0.25, 0.3) is 5.91 Å². The van der Waals surface area contributed by atoms with E-state index >= 15 is 0 Å². The molecule has 1 saturated heterocycles. The molecule has 1 aliphatic heterocycles. The van der Waals surface area contributed by atoms with Crippen molar-refractivity contribution in [3.63, 3.8) is 0 Å². The fourth-order valence-electron chi connectivity index (χ4n) is 3.00. The minimum Gasteiger partial charge on any atom is -0.438 e. The van der Waals surface area contributed by atoms with Crippen molar-refractivity contribution in [3.05, 3.63) is 42.7 Å². The maximum atomic E-state index is 12.2. The number of carbonyl (C=O) groups excluding carboxylic acids is 1. The predicted molar refractivity (Wildman–Crippen MR) is 84.1 cm³/mol. The van der Waals surface area contributed by atoms with Gasteiger partial charge in [-0.2, -0.15) is 0 Å². The molecule has 23 heavy (non-hydrogen) atoms. The van der Waals surface area contributed by atoms with Crippen LogP contribution in [0.25, 0.3) is 0 Å². The van der Waals surface area contributed by atoms with E-state index in [9.17, 15) is 9.90 Å². The summed E-state index contributed by atoms with van der Waals surface area (Å²) in [7, 11) is 1.66. The SMILES string of the molecule is CN(C[C@]1(O)CCCN(c2ccccn2)C1)C(=O)c1cnco1. The van der Waals surface area contributed by atoms with E-state index < -0.39 is 5.60 Å². The van der Waals surface area contributed by atoms with Gasteiger partial charge in [-0.05, 0) is 25.0 Å². The molecule has 3 rings (SSSR count). The van der Waals surface area contributed by atoms with Gasteiger partial charge in [0.05, 0.1) is 18.3 Å². The van der Waals surface area contributed by atoms with Crippen LogP contribution >= 0.6 is 0 Å². The second kappa shape index (κ2) is 6.37. The lowest BCUT2D eigenvalue weighted by atomic mass is 9.92. The molecular formula is C16H20N4O3. The van der Waals surface area contributed by atoms with Crippen molar-refractivity contribution in [1.29, 1.82) is 0 Å². The highest BCUT2D eigenvalue weighted by molar-refractivity contribution is 5.90. The molecule has 0 aromatic carbocycles. The normalized spacial score (nSPS) is 21.2. The Labute approximate surface area is 134 Å². The molecular weight excluding hydrogens is 296 g/mol. The fourth-order valence-corrected chi connectivity index (χ4v) is 3.00. The summed E-state index contributed by atoms with van der Waals surface area (Å²) in [4.78, 5) is 23.8. The van der Waals surface area contributed by atoms with Gasteiger partial charge in [0.2, 0.25) is 5.76 Å². The molecule has 1 aliphatic rings. The van der Waals surface area contributed by atoms with Crippen LogP contribution in [0.1, 0.15) is 23.4 Å². The molecule has 7 nitrogen and oxygen atoms in total. The van der Waals surface area contributed by atoms with Crippen molar-refractivity contribution < 1.29 is 14.3 Å². The van der Waals surface area contributed by atoms with E-state index in [1.807, 2.05) is 18.2 Å². The number of aliphatic hydroxyl groups is 1. The Balaban J connectivity index is 1.67. The van der Waals surface area contributed by atoms with Gasteiger partial charge in [-0.1, -0.05) is 6.07 Å². The summed E-state index contributed by atoms with van der Waals surface area (Å²) in [6.45, 7) is 1.52. The zero-order valence-corrected chi connectivity index (χ0v) is 13.1. The summed E-state index contributed by atoms with van der Waals surface area (Å²) in [5.41, 5.74) is -0.972. The second-order valence-corrected chi connectivity index (χ2v) is 5.96. The predicted octanol–water partition coefficient (Wildman–Crippen LogP) is 1.17. The third-order valence-corrected chi connectivity index (χ3v) is 4.05. The largest absolute Gasteiger partial charge is 0.438 e. The van der Waals surface area contributed by atoms with E-state index in [-0.39, 0.29) is 18.2 Å². The first-order chi connectivity index (χ1) is 11.1. The van der Waals surface area contributed by atoms with E-state index in [1.165, 1.54) is 17.5 Å². The first kappa shape index (κ1) is 15.5. The molecule has 2 aromatic rings. The molecule has 0 radical (unpaired) electrons. The number of rotatable bonds is 4. The highest BCUT2D eigenvalue weighted by Crippen LogP contribution is 2.25. The summed E-state index contributed by atoms with van der Waals surface area (Å²) in [5, 5.41) is 10.9. The van der Waals surface area contributed by atoms with Crippen molar-refractivity contribution in [2.24, 2.45) is 0 Å². The number of hydrogen-bond donors (Lipinski definition) is 1. The first-order valence-electron chi connectivity index (χ1n) is 7.60. The number of oxazole rings is 1. The molecule has 1 amide bonds. The van der Waals surface area contributed by atoms with Crippen molar-refractivity contribution >= 4 is 11.7 Å². The summed E-state index contributed by atoms with van der Waals surface area (Å²) in [6.07, 6.45) is 5.83. The van der Waals surface area contributed by atoms with Crippen LogP contribution in [-0.4, -0.2) is 58.2 Å². The number of anilines is 1. The number of carbonyl (C=O) groups is 1. The van der Waals surface area contributed by atoms with E-state index in [0.29, 0.717) is 13.0 Å². The molecule has 0 saturated carbocycles. The number of aromatic nitrogens is 2. The van der Waals surface area contributed by atoms with Gasteiger partial charge >= 0.3 is 0 Å². The summed E-state index contributed by atoms with van der Waals surface area (Å²) in [6, 6.07) is 5.72. The zero-order chi connectivity index (χ0) is 16.3. The van der Waals surface area contributed by atoms with Gasteiger partial charge < -0.3 is 19.3 Å². The van der Waals surface area contributed by atoms with Gasteiger partial charge in [-0.15, -0.1) is 0 Å². The lowest BCUT2D eigenvalue weighted by Crippen LogP contribution is -2.54. The molecule has 0 aliphatic carbocycles. The van der Waals surface area contributed by atoms with Crippen molar-refractivity contribution in [3.8, 4) is 0 Å². The van der Waals surface area contributed by atoms with Gasteiger partial charge in [0, 0.05) is 26.3 Å². The maximum Gasteiger partial charge on any atom is 0.291 e. The molecule has 1 atom stereocenters. The standard InChI is InChI=1S/C16H20N4O3/c1-19(15(21)13-9-17-12-23-13)10-16(22)6-4-8-20(11-16)14-5-2-3-7-18-14/h2-3,5,7,9,12,22H,4,6,8,10-11H2,1H3/t16-/m1/s1. The number of pyridine rings is 1. The van der Waals surface area contributed by atoms with Crippen molar-refractivity contribution in [2.45, 2.75) is 18.4 Å². The first-order valence-corrected chi connectivity index (χ1v) is 7.60. The maximum absolute atomic E-state index is 12.2. The fraction of sp³-hybridized carbons (Fsp3) is 0.438. The minimum absolute atomic E-state index is 0.175. The number of piperidine rings is 1. The second-order valence-electron chi connectivity index (χ2n) is 5.96. The van der Waals surface area contributed by atoms with E-state index in [4.69, 9.17) is 4.42 Å². The van der Waals surface area contributed by atoms with Crippen LogP contribution in [0.2, 0.25) is 0 Å². The highest BCUT2D eigenvalue weighted by atomic mass is 16.3. The highest BCUT2D eigenvalue weighted by Gasteiger charge is 2.36. The Kier molecular flexibility index (Phi) is 4.29. The topological polar surface area (TPSA) is 82.7 Å². The Bertz CT molecular complexity index is 647. The van der Waals surface area contributed by atoms with Crippen LogP contribution in [0.3, 0.4) is 0 Å². The Morgan fingerprint density at radius 2 is 2.39 bits per heavy atom. The number of hydrogen-bond acceptors (Lipinski definition) is 6. The zero-order valence-electron chi connectivity index (χ0n) is 13.1. The molecule has 0 spiro atoms. The molecule has 3 heterocycles. The number of likely N-dealkylation sites (N-methyl/N-ethyl adjacent to an activating group) is 1.